The van der Waals surface area contributed by atoms with Crippen molar-refractivity contribution >= 4 is 21.6 Å². The molecule has 102 valence electrons. The standard InChI is InChI=1S/C13H11BrF3NO/c1-8(11-6-7-12(14)19-11)18-10-4-2-9(3-5-10)13(15,16)17/h2-8,18H,1H3. The Morgan fingerprint density at radius 2 is 1.74 bits per heavy atom. The maximum atomic E-state index is 12.4. The normalized spacial score (nSPS) is 13.3. The van der Waals surface area contributed by atoms with E-state index in [1.165, 1.54) is 12.1 Å². The largest absolute Gasteiger partial charge is 0.452 e. The Labute approximate surface area is 116 Å². The zero-order valence-corrected chi connectivity index (χ0v) is 11.5. The summed E-state index contributed by atoms with van der Waals surface area (Å²) in [6, 6.07) is 8.32. The number of halogens is 4. The second-order valence-corrected chi connectivity index (χ2v) is 4.86. The van der Waals surface area contributed by atoms with E-state index in [9.17, 15) is 13.2 Å². The second-order valence-electron chi connectivity index (χ2n) is 4.08. The van der Waals surface area contributed by atoms with Crippen LogP contribution in [0.15, 0.2) is 45.5 Å². The van der Waals surface area contributed by atoms with Gasteiger partial charge in [-0.1, -0.05) is 0 Å². The van der Waals surface area contributed by atoms with Gasteiger partial charge < -0.3 is 9.73 Å². The van der Waals surface area contributed by atoms with E-state index in [1.54, 1.807) is 12.1 Å². The highest BCUT2D eigenvalue weighted by molar-refractivity contribution is 9.10. The van der Waals surface area contributed by atoms with Crippen LogP contribution >= 0.6 is 15.9 Å². The number of rotatable bonds is 3. The SMILES string of the molecule is CC(Nc1ccc(C(F)(F)F)cc1)c1ccc(Br)o1. The Morgan fingerprint density at radius 1 is 1.11 bits per heavy atom. The van der Waals surface area contributed by atoms with E-state index in [0.717, 1.165) is 12.1 Å². The Bertz CT molecular complexity index is 548. The van der Waals surface area contributed by atoms with Crippen LogP contribution in [0.2, 0.25) is 0 Å². The molecule has 0 fully saturated rings. The molecule has 2 aromatic rings. The summed E-state index contributed by atoms with van der Waals surface area (Å²) in [5.41, 5.74) is -0.0560. The molecule has 1 N–H and O–H groups in total. The zero-order valence-electron chi connectivity index (χ0n) is 9.96. The van der Waals surface area contributed by atoms with Crippen LogP contribution in [0.5, 0.6) is 0 Å². The third-order valence-electron chi connectivity index (χ3n) is 2.62. The van der Waals surface area contributed by atoms with Gasteiger partial charge in [-0.25, -0.2) is 0 Å². The lowest BCUT2D eigenvalue weighted by Crippen LogP contribution is -2.07. The van der Waals surface area contributed by atoms with E-state index in [4.69, 9.17) is 4.42 Å². The quantitative estimate of drug-likeness (QED) is 0.831. The molecule has 0 amide bonds. The smallest absolute Gasteiger partial charge is 0.416 e. The number of anilines is 1. The van der Waals surface area contributed by atoms with Crippen molar-refractivity contribution < 1.29 is 17.6 Å². The van der Waals surface area contributed by atoms with Gasteiger partial charge in [-0.05, 0) is 59.3 Å². The fourth-order valence-corrected chi connectivity index (χ4v) is 1.96. The summed E-state index contributed by atoms with van der Waals surface area (Å²) in [7, 11) is 0. The minimum Gasteiger partial charge on any atom is -0.452 e. The van der Waals surface area contributed by atoms with Gasteiger partial charge in [0, 0.05) is 5.69 Å². The number of furan rings is 1. The van der Waals surface area contributed by atoms with Gasteiger partial charge in [-0.15, -0.1) is 0 Å². The second kappa shape index (κ2) is 5.28. The first-order valence-corrected chi connectivity index (χ1v) is 6.34. The molecule has 1 unspecified atom stereocenters. The van der Waals surface area contributed by atoms with Crippen LogP contribution < -0.4 is 5.32 Å². The molecule has 6 heteroatoms. The van der Waals surface area contributed by atoms with Crippen molar-refractivity contribution in [3.63, 3.8) is 0 Å². The predicted octanol–water partition coefficient (Wildman–Crippen LogP) is 5.23. The molecule has 0 bridgehead atoms. The molecule has 1 heterocycles. The monoisotopic (exact) mass is 333 g/mol. The lowest BCUT2D eigenvalue weighted by Gasteiger charge is -2.14. The topological polar surface area (TPSA) is 25.2 Å². The molecule has 0 aliphatic heterocycles. The van der Waals surface area contributed by atoms with Crippen LogP contribution in [-0.2, 0) is 6.18 Å². The van der Waals surface area contributed by atoms with Crippen LogP contribution in [0.4, 0.5) is 18.9 Å². The predicted molar refractivity (Wildman–Crippen MR) is 69.9 cm³/mol. The minimum atomic E-state index is -4.31. The minimum absolute atomic E-state index is 0.136. The molecular formula is C13H11BrF3NO. The van der Waals surface area contributed by atoms with Gasteiger partial charge in [-0.3, -0.25) is 0 Å². The average Bonchev–Trinajstić information content (AvgIpc) is 2.75. The first-order valence-electron chi connectivity index (χ1n) is 5.55. The Kier molecular flexibility index (Phi) is 3.89. The third kappa shape index (κ3) is 3.53. The Hall–Kier alpha value is -1.43. The van der Waals surface area contributed by atoms with Crippen molar-refractivity contribution in [3.8, 4) is 0 Å². The average molecular weight is 334 g/mol. The first-order chi connectivity index (χ1) is 8.86. The summed E-state index contributed by atoms with van der Waals surface area (Å²) in [4.78, 5) is 0. The van der Waals surface area contributed by atoms with Crippen molar-refractivity contribution in [3.05, 3.63) is 52.4 Å². The molecule has 0 aliphatic rings. The maximum absolute atomic E-state index is 12.4. The molecule has 1 atom stereocenters. The highest BCUT2D eigenvalue weighted by Gasteiger charge is 2.29. The Morgan fingerprint density at radius 3 is 2.21 bits per heavy atom. The summed E-state index contributed by atoms with van der Waals surface area (Å²) >= 11 is 3.20. The van der Waals surface area contributed by atoms with Crippen LogP contribution in [0.3, 0.4) is 0 Å². The number of benzene rings is 1. The van der Waals surface area contributed by atoms with Gasteiger partial charge in [0.15, 0.2) is 4.67 Å². The van der Waals surface area contributed by atoms with Crippen molar-refractivity contribution in [2.45, 2.75) is 19.1 Å². The summed E-state index contributed by atoms with van der Waals surface area (Å²) in [6.07, 6.45) is -4.31. The van der Waals surface area contributed by atoms with E-state index in [2.05, 4.69) is 21.2 Å². The van der Waals surface area contributed by atoms with Crippen molar-refractivity contribution in [1.82, 2.24) is 0 Å². The van der Waals surface area contributed by atoms with Gasteiger partial charge >= 0.3 is 6.18 Å². The summed E-state index contributed by atoms with van der Waals surface area (Å²) < 4.78 is 43.2. The van der Waals surface area contributed by atoms with Gasteiger partial charge in [0.2, 0.25) is 0 Å². The number of nitrogens with one attached hydrogen (secondary N) is 1. The molecule has 19 heavy (non-hydrogen) atoms. The Balaban J connectivity index is 2.07. The highest BCUT2D eigenvalue weighted by atomic mass is 79.9. The van der Waals surface area contributed by atoms with Crippen molar-refractivity contribution in [1.29, 1.82) is 0 Å². The molecular weight excluding hydrogens is 323 g/mol. The van der Waals surface area contributed by atoms with E-state index >= 15 is 0 Å². The van der Waals surface area contributed by atoms with Crippen molar-refractivity contribution in [2.24, 2.45) is 0 Å². The molecule has 0 saturated heterocycles. The molecule has 1 aromatic heterocycles. The lowest BCUT2D eigenvalue weighted by atomic mass is 10.2. The molecule has 0 aliphatic carbocycles. The highest BCUT2D eigenvalue weighted by Crippen LogP contribution is 2.30. The first kappa shape index (κ1) is 14.0. The van der Waals surface area contributed by atoms with E-state index in [0.29, 0.717) is 16.1 Å². The number of alkyl halides is 3. The van der Waals surface area contributed by atoms with Gasteiger partial charge in [0.25, 0.3) is 0 Å². The van der Waals surface area contributed by atoms with Crippen LogP contribution in [0.25, 0.3) is 0 Å². The van der Waals surface area contributed by atoms with E-state index < -0.39 is 11.7 Å². The summed E-state index contributed by atoms with van der Waals surface area (Å²) in [5.74, 6) is 0.701. The van der Waals surface area contributed by atoms with E-state index in [1.807, 2.05) is 6.92 Å². The van der Waals surface area contributed by atoms with Crippen molar-refractivity contribution in [2.75, 3.05) is 5.32 Å². The lowest BCUT2D eigenvalue weighted by molar-refractivity contribution is -0.137. The number of hydrogen-bond donors (Lipinski definition) is 1. The molecule has 2 rings (SSSR count). The molecule has 0 saturated carbocycles. The van der Waals surface area contributed by atoms with Gasteiger partial charge in [0.1, 0.15) is 5.76 Å². The zero-order chi connectivity index (χ0) is 14.0. The molecule has 2 nitrogen and oxygen atoms in total. The third-order valence-corrected chi connectivity index (χ3v) is 3.04. The molecule has 0 radical (unpaired) electrons. The summed E-state index contributed by atoms with van der Waals surface area (Å²) in [5, 5.41) is 3.07. The van der Waals surface area contributed by atoms with Crippen LogP contribution in [-0.4, -0.2) is 0 Å². The molecule has 1 aromatic carbocycles. The molecule has 0 spiro atoms. The van der Waals surface area contributed by atoms with Crippen LogP contribution in [0, 0.1) is 0 Å². The fraction of sp³-hybridized carbons (Fsp3) is 0.231. The summed E-state index contributed by atoms with van der Waals surface area (Å²) in [6.45, 7) is 1.86. The van der Waals surface area contributed by atoms with Gasteiger partial charge in [-0.2, -0.15) is 13.2 Å². The van der Waals surface area contributed by atoms with Crippen LogP contribution in [0.1, 0.15) is 24.3 Å². The van der Waals surface area contributed by atoms with Gasteiger partial charge in [0.05, 0.1) is 11.6 Å². The van der Waals surface area contributed by atoms with E-state index in [-0.39, 0.29) is 6.04 Å². The fourth-order valence-electron chi connectivity index (χ4n) is 1.64. The maximum Gasteiger partial charge on any atom is 0.416 e. The number of hydrogen-bond acceptors (Lipinski definition) is 2.